The molecular weight excluding hydrogens is 877 g/mol. The molecule has 7 heteroatoms. The lowest BCUT2D eigenvalue weighted by Gasteiger charge is -2.09. The summed E-state index contributed by atoms with van der Waals surface area (Å²) in [4.78, 5) is 15.5. The van der Waals surface area contributed by atoms with Crippen LogP contribution in [-0.2, 0) is 0 Å². The summed E-state index contributed by atoms with van der Waals surface area (Å²) in [6.45, 7) is 0. The van der Waals surface area contributed by atoms with Gasteiger partial charge in [0.05, 0.1) is 11.0 Å². The highest BCUT2D eigenvalue weighted by molar-refractivity contribution is 7.26. The average molecular weight is 913 g/mol. The summed E-state index contributed by atoms with van der Waals surface area (Å²) in [7, 11) is 0. The third-order valence-electron chi connectivity index (χ3n) is 13.9. The van der Waals surface area contributed by atoms with Crippen molar-refractivity contribution in [3.8, 4) is 62.1 Å². The fraction of sp³-hybridized carbons (Fsp3) is 0. The maximum absolute atomic E-state index is 6.58. The SMILES string of the molecule is c1ccc(-c2nc(-c3ccc4oc5ccccc5c4c3)nc(-c3cccc4oc5ccc(-c6ccc7sc8c(-c9ccc%10c(c9)c9ccccc9n%10-c9ccccc9)cccc8c7c6)cc5c34)n2)cc1. The number of nitrogens with zero attached hydrogens (tertiary/aromatic N) is 4. The molecule has 0 spiro atoms. The van der Waals surface area contributed by atoms with Crippen LogP contribution in [0, 0.1) is 0 Å². The first kappa shape index (κ1) is 38.9. The second-order valence-corrected chi connectivity index (χ2v) is 18.9. The van der Waals surface area contributed by atoms with Gasteiger partial charge in [0.2, 0.25) is 0 Å². The highest BCUT2D eigenvalue weighted by Crippen LogP contribution is 2.44. The van der Waals surface area contributed by atoms with Crippen molar-refractivity contribution in [2.24, 2.45) is 0 Å². The van der Waals surface area contributed by atoms with Gasteiger partial charge in [0.15, 0.2) is 17.5 Å². The van der Waals surface area contributed by atoms with Gasteiger partial charge in [0.1, 0.15) is 22.3 Å². The molecule has 0 radical (unpaired) electrons. The molecule has 0 N–H and O–H groups in total. The van der Waals surface area contributed by atoms with Crippen LogP contribution in [-0.4, -0.2) is 19.5 Å². The van der Waals surface area contributed by atoms with E-state index in [-0.39, 0.29) is 0 Å². The predicted molar refractivity (Wildman–Crippen MR) is 289 cm³/mol. The third kappa shape index (κ3) is 6.02. The number of hydrogen-bond acceptors (Lipinski definition) is 6. The molecule has 0 saturated heterocycles. The zero-order chi connectivity index (χ0) is 45.9. The van der Waals surface area contributed by atoms with Crippen molar-refractivity contribution in [3.05, 3.63) is 218 Å². The second-order valence-electron chi connectivity index (χ2n) is 17.9. The Bertz CT molecular complexity index is 4600. The van der Waals surface area contributed by atoms with Crippen LogP contribution in [0.3, 0.4) is 0 Å². The molecule has 0 aliphatic rings. The average Bonchev–Trinajstić information content (AvgIpc) is 4.19. The molecule has 0 fully saturated rings. The van der Waals surface area contributed by atoms with E-state index in [1.165, 1.54) is 53.1 Å². The van der Waals surface area contributed by atoms with Gasteiger partial charge in [-0.1, -0.05) is 133 Å². The van der Waals surface area contributed by atoms with Crippen molar-refractivity contribution in [2.75, 3.05) is 0 Å². The molecule has 326 valence electrons. The zero-order valence-electron chi connectivity index (χ0n) is 37.3. The lowest BCUT2D eigenvalue weighted by atomic mass is 9.98. The van der Waals surface area contributed by atoms with Crippen molar-refractivity contribution in [1.82, 2.24) is 19.5 Å². The summed E-state index contributed by atoms with van der Waals surface area (Å²) < 4.78 is 17.7. The Kier molecular flexibility index (Phi) is 8.43. The molecule has 0 unspecified atom stereocenters. The van der Waals surface area contributed by atoms with Gasteiger partial charge in [-0.3, -0.25) is 0 Å². The van der Waals surface area contributed by atoms with Crippen LogP contribution in [0.25, 0.3) is 148 Å². The van der Waals surface area contributed by atoms with Crippen LogP contribution >= 0.6 is 11.3 Å². The standard InChI is InChI=1S/C63H36N4O2S/c1-3-13-37(14-4-1)61-64-62(41-27-31-55-49(36-41)45-18-8-10-23-54(45)68-55)66-63(65-61)47-21-12-24-57-59(47)51-34-38(26-30-56(51)69-57)39-28-32-58-50(33-39)46-20-11-19-43(60(46)70-58)40-25-29-53-48(35-40)44-17-7-9-22-52(44)67(53)42-15-5-2-6-16-42/h1-36H. The van der Waals surface area contributed by atoms with Crippen LogP contribution in [0.2, 0.25) is 0 Å². The molecule has 0 saturated carbocycles. The minimum atomic E-state index is 0.572. The summed E-state index contributed by atoms with van der Waals surface area (Å²) in [6.07, 6.45) is 0. The Balaban J connectivity index is 0.850. The van der Waals surface area contributed by atoms with Gasteiger partial charge in [-0.25, -0.2) is 15.0 Å². The lowest BCUT2D eigenvalue weighted by molar-refractivity contribution is 0.668. The maximum atomic E-state index is 6.58. The molecule has 5 aromatic heterocycles. The number of hydrogen-bond donors (Lipinski definition) is 0. The van der Waals surface area contributed by atoms with Crippen molar-refractivity contribution in [3.63, 3.8) is 0 Å². The molecule has 15 rings (SSSR count). The number of rotatable bonds is 6. The topological polar surface area (TPSA) is 69.9 Å². The van der Waals surface area contributed by atoms with Crippen molar-refractivity contribution >= 4 is 97.2 Å². The minimum absolute atomic E-state index is 0.572. The summed E-state index contributed by atoms with van der Waals surface area (Å²) in [5.74, 6) is 1.75. The van der Waals surface area contributed by atoms with E-state index in [2.05, 4.69) is 150 Å². The van der Waals surface area contributed by atoms with Crippen LogP contribution < -0.4 is 0 Å². The highest BCUT2D eigenvalue weighted by Gasteiger charge is 2.21. The molecule has 0 atom stereocenters. The van der Waals surface area contributed by atoms with E-state index in [1.54, 1.807) is 0 Å². The summed E-state index contributed by atoms with van der Waals surface area (Å²) in [6, 6.07) is 76.9. The van der Waals surface area contributed by atoms with Gasteiger partial charge < -0.3 is 13.4 Å². The van der Waals surface area contributed by atoms with E-state index in [9.17, 15) is 0 Å². The number of furan rings is 2. The molecular formula is C63H36N4O2S. The molecule has 0 amide bonds. The first-order chi connectivity index (χ1) is 34.7. The van der Waals surface area contributed by atoms with Crippen molar-refractivity contribution < 1.29 is 8.83 Å². The first-order valence-corrected chi connectivity index (χ1v) is 24.2. The Hall–Kier alpha value is -9.17. The predicted octanol–water partition coefficient (Wildman–Crippen LogP) is 17.5. The fourth-order valence-electron chi connectivity index (χ4n) is 10.6. The van der Waals surface area contributed by atoms with E-state index < -0.39 is 0 Å². The Morgan fingerprint density at radius 1 is 0.329 bits per heavy atom. The van der Waals surface area contributed by atoms with E-state index in [1.807, 2.05) is 84.1 Å². The maximum Gasteiger partial charge on any atom is 0.164 e. The summed E-state index contributed by atoms with van der Waals surface area (Å²) in [5, 5.41) is 9.02. The van der Waals surface area contributed by atoms with Gasteiger partial charge in [0, 0.05) is 74.9 Å². The highest BCUT2D eigenvalue weighted by atomic mass is 32.1. The number of benzene rings is 10. The minimum Gasteiger partial charge on any atom is -0.456 e. The van der Waals surface area contributed by atoms with Crippen LogP contribution in [0.4, 0.5) is 0 Å². The largest absolute Gasteiger partial charge is 0.456 e. The van der Waals surface area contributed by atoms with Crippen LogP contribution in [0.15, 0.2) is 227 Å². The first-order valence-electron chi connectivity index (χ1n) is 23.4. The lowest BCUT2D eigenvalue weighted by Crippen LogP contribution is -2.00. The summed E-state index contributed by atoms with van der Waals surface area (Å²) >= 11 is 1.86. The van der Waals surface area contributed by atoms with Gasteiger partial charge in [-0.15, -0.1) is 11.3 Å². The van der Waals surface area contributed by atoms with E-state index in [0.717, 1.165) is 77.4 Å². The van der Waals surface area contributed by atoms with Crippen LogP contribution in [0.5, 0.6) is 0 Å². The molecule has 6 nitrogen and oxygen atoms in total. The molecule has 10 aromatic carbocycles. The van der Waals surface area contributed by atoms with Gasteiger partial charge in [0.25, 0.3) is 0 Å². The number of thiophene rings is 1. The normalized spacial score (nSPS) is 12.0. The van der Waals surface area contributed by atoms with Gasteiger partial charge in [-0.05, 0) is 107 Å². The van der Waals surface area contributed by atoms with Crippen LogP contribution in [0.1, 0.15) is 0 Å². The van der Waals surface area contributed by atoms with Crippen molar-refractivity contribution in [2.45, 2.75) is 0 Å². The molecule has 0 aliphatic carbocycles. The Labute approximate surface area is 404 Å². The molecule has 5 heterocycles. The van der Waals surface area contributed by atoms with E-state index in [4.69, 9.17) is 23.8 Å². The van der Waals surface area contributed by atoms with E-state index in [0.29, 0.717) is 17.5 Å². The smallest absolute Gasteiger partial charge is 0.164 e. The molecule has 0 bridgehead atoms. The zero-order valence-corrected chi connectivity index (χ0v) is 38.1. The number of aromatic nitrogens is 4. The van der Waals surface area contributed by atoms with E-state index >= 15 is 0 Å². The number of fused-ring (bicyclic) bond motifs is 12. The van der Waals surface area contributed by atoms with Gasteiger partial charge in [-0.2, -0.15) is 0 Å². The number of para-hydroxylation sites is 3. The van der Waals surface area contributed by atoms with Crippen molar-refractivity contribution in [1.29, 1.82) is 0 Å². The monoisotopic (exact) mass is 912 g/mol. The Morgan fingerprint density at radius 3 is 1.77 bits per heavy atom. The summed E-state index contributed by atoms with van der Waals surface area (Å²) in [5.41, 5.74) is 14.2. The second kappa shape index (κ2) is 15.2. The quantitative estimate of drug-likeness (QED) is 0.166. The third-order valence-corrected chi connectivity index (χ3v) is 15.1. The van der Waals surface area contributed by atoms with Gasteiger partial charge >= 0.3 is 0 Å². The Morgan fingerprint density at radius 2 is 0.900 bits per heavy atom. The fourth-order valence-corrected chi connectivity index (χ4v) is 11.8. The molecule has 0 aliphatic heterocycles. The molecule has 70 heavy (non-hydrogen) atoms. The molecule has 15 aromatic rings.